The highest BCUT2D eigenvalue weighted by Crippen LogP contribution is 2.28. The molecule has 0 fully saturated rings. The van der Waals surface area contributed by atoms with Crippen molar-refractivity contribution in [3.8, 4) is 5.75 Å². The fourth-order valence-corrected chi connectivity index (χ4v) is 1.54. The van der Waals surface area contributed by atoms with Crippen LogP contribution >= 0.6 is 0 Å². The molecule has 92 valence electrons. The quantitative estimate of drug-likeness (QED) is 0.805. The molecule has 4 heteroatoms. The van der Waals surface area contributed by atoms with Crippen LogP contribution in [-0.4, -0.2) is 18.9 Å². The van der Waals surface area contributed by atoms with Gasteiger partial charge in [0.25, 0.3) is 0 Å². The molecule has 1 aromatic rings. The molecule has 0 N–H and O–H groups in total. The molecular weight excluding hydrogens is 218 g/mol. The van der Waals surface area contributed by atoms with Crippen molar-refractivity contribution in [3.05, 3.63) is 24.3 Å². The number of methoxy groups -OCH3 is 1. The minimum absolute atomic E-state index is 0.221. The lowest BCUT2D eigenvalue weighted by atomic mass is 10.2. The van der Waals surface area contributed by atoms with Crippen LogP contribution < -0.4 is 9.64 Å². The van der Waals surface area contributed by atoms with Gasteiger partial charge >= 0.3 is 0 Å². The van der Waals surface area contributed by atoms with Crippen LogP contribution in [-0.2, 0) is 9.59 Å². The van der Waals surface area contributed by atoms with Crippen LogP contribution in [0.3, 0.4) is 0 Å². The average Bonchev–Trinajstić information content (AvgIpc) is 2.39. The minimum atomic E-state index is -0.221. The van der Waals surface area contributed by atoms with Gasteiger partial charge in [0.15, 0.2) is 0 Å². The number of nitrogens with zero attached hydrogens (tertiary/aromatic N) is 1. The highest BCUT2D eigenvalue weighted by Gasteiger charge is 2.23. The van der Waals surface area contributed by atoms with E-state index in [-0.39, 0.29) is 24.7 Å². The zero-order chi connectivity index (χ0) is 12.8. The lowest BCUT2D eigenvalue weighted by Gasteiger charge is -2.21. The molecule has 0 aliphatic carbocycles. The molecule has 0 saturated heterocycles. The van der Waals surface area contributed by atoms with Gasteiger partial charge in [-0.2, -0.15) is 0 Å². The highest BCUT2D eigenvalue weighted by atomic mass is 16.5. The number of amides is 2. The maximum atomic E-state index is 11.8. The molecular formula is C13H17NO3. The smallest absolute Gasteiger partial charge is 0.233 e. The van der Waals surface area contributed by atoms with Gasteiger partial charge in [-0.3, -0.25) is 9.59 Å². The summed E-state index contributed by atoms with van der Waals surface area (Å²) in [5.41, 5.74) is 0.508. The summed E-state index contributed by atoms with van der Waals surface area (Å²) in [7, 11) is 1.52. The third kappa shape index (κ3) is 2.84. The molecule has 0 atom stereocenters. The molecule has 0 radical (unpaired) electrons. The second kappa shape index (κ2) is 6.03. The van der Waals surface area contributed by atoms with Crippen molar-refractivity contribution in [2.75, 3.05) is 12.0 Å². The summed E-state index contributed by atoms with van der Waals surface area (Å²) in [4.78, 5) is 24.9. The van der Waals surface area contributed by atoms with Gasteiger partial charge in [-0.1, -0.05) is 26.0 Å². The number of carbonyl (C=O) groups is 2. The summed E-state index contributed by atoms with van der Waals surface area (Å²) in [6.07, 6.45) is 0.563. The molecule has 0 saturated carbocycles. The number of ether oxygens (including phenoxy) is 1. The van der Waals surface area contributed by atoms with Gasteiger partial charge < -0.3 is 4.74 Å². The fourth-order valence-electron chi connectivity index (χ4n) is 1.54. The first kappa shape index (κ1) is 13.2. The lowest BCUT2D eigenvalue weighted by molar-refractivity contribution is -0.126. The van der Waals surface area contributed by atoms with Crippen molar-refractivity contribution in [1.29, 1.82) is 0 Å². The second-order valence-corrected chi connectivity index (χ2v) is 3.50. The van der Waals surface area contributed by atoms with Gasteiger partial charge in [0.1, 0.15) is 5.75 Å². The molecule has 2 amide bonds. The van der Waals surface area contributed by atoms with Crippen LogP contribution in [0.4, 0.5) is 5.69 Å². The van der Waals surface area contributed by atoms with Gasteiger partial charge in [-0.15, -0.1) is 0 Å². The van der Waals surface area contributed by atoms with Gasteiger partial charge in [-0.25, -0.2) is 4.90 Å². The number of imide groups is 1. The minimum Gasteiger partial charge on any atom is -0.495 e. The van der Waals surface area contributed by atoms with E-state index in [1.165, 1.54) is 12.0 Å². The predicted molar refractivity (Wildman–Crippen MR) is 66.1 cm³/mol. The van der Waals surface area contributed by atoms with Crippen molar-refractivity contribution < 1.29 is 14.3 Å². The van der Waals surface area contributed by atoms with Crippen molar-refractivity contribution in [1.82, 2.24) is 0 Å². The third-order valence-corrected chi connectivity index (χ3v) is 2.43. The highest BCUT2D eigenvalue weighted by molar-refractivity contribution is 6.15. The molecule has 0 aliphatic rings. The Kier molecular flexibility index (Phi) is 4.69. The Morgan fingerprint density at radius 2 is 1.65 bits per heavy atom. The Morgan fingerprint density at radius 3 is 2.12 bits per heavy atom. The van der Waals surface area contributed by atoms with E-state index in [1.54, 1.807) is 38.1 Å². The van der Waals surface area contributed by atoms with Crippen LogP contribution in [0.15, 0.2) is 24.3 Å². The summed E-state index contributed by atoms with van der Waals surface area (Å²) >= 11 is 0. The van der Waals surface area contributed by atoms with E-state index in [0.29, 0.717) is 11.4 Å². The molecule has 0 spiro atoms. The first-order chi connectivity index (χ1) is 8.15. The van der Waals surface area contributed by atoms with Crippen molar-refractivity contribution in [3.63, 3.8) is 0 Å². The third-order valence-electron chi connectivity index (χ3n) is 2.43. The van der Waals surface area contributed by atoms with Crippen LogP contribution in [0, 0.1) is 0 Å². The average molecular weight is 235 g/mol. The summed E-state index contributed by atoms with van der Waals surface area (Å²) < 4.78 is 5.17. The molecule has 0 aromatic heterocycles. The van der Waals surface area contributed by atoms with Crippen LogP contribution in [0.2, 0.25) is 0 Å². The number of anilines is 1. The van der Waals surface area contributed by atoms with Crippen LogP contribution in [0.25, 0.3) is 0 Å². The number of hydrogen-bond acceptors (Lipinski definition) is 3. The zero-order valence-electron chi connectivity index (χ0n) is 10.4. The molecule has 1 rings (SSSR count). The fraction of sp³-hybridized carbons (Fsp3) is 0.385. The molecule has 0 heterocycles. The Balaban J connectivity index is 3.21. The van der Waals surface area contributed by atoms with E-state index in [0.717, 1.165) is 0 Å². The molecule has 0 unspecified atom stereocenters. The lowest BCUT2D eigenvalue weighted by Crippen LogP contribution is -2.36. The summed E-state index contributed by atoms with van der Waals surface area (Å²) in [5.74, 6) is 0.0822. The maximum Gasteiger partial charge on any atom is 0.233 e. The number of carbonyl (C=O) groups excluding carboxylic acids is 2. The largest absolute Gasteiger partial charge is 0.495 e. The Bertz CT molecular complexity index is 399. The normalized spacial score (nSPS) is 9.82. The molecule has 4 nitrogen and oxygen atoms in total. The Morgan fingerprint density at radius 1 is 1.12 bits per heavy atom. The van der Waals surface area contributed by atoms with E-state index in [2.05, 4.69) is 0 Å². The van der Waals surface area contributed by atoms with E-state index < -0.39 is 0 Å². The van der Waals surface area contributed by atoms with Gasteiger partial charge in [0.05, 0.1) is 12.8 Å². The van der Waals surface area contributed by atoms with Gasteiger partial charge in [0, 0.05) is 12.8 Å². The SMILES string of the molecule is CCC(=O)N(C(=O)CC)c1ccccc1OC. The Hall–Kier alpha value is -1.84. The van der Waals surface area contributed by atoms with Crippen molar-refractivity contribution >= 4 is 17.5 Å². The topological polar surface area (TPSA) is 46.6 Å². The Labute approximate surface area is 101 Å². The zero-order valence-corrected chi connectivity index (χ0v) is 10.4. The van der Waals surface area contributed by atoms with E-state index >= 15 is 0 Å². The van der Waals surface area contributed by atoms with E-state index in [9.17, 15) is 9.59 Å². The second-order valence-electron chi connectivity index (χ2n) is 3.50. The van der Waals surface area contributed by atoms with Gasteiger partial charge in [-0.05, 0) is 12.1 Å². The molecule has 1 aromatic carbocycles. The number of hydrogen-bond donors (Lipinski definition) is 0. The van der Waals surface area contributed by atoms with Crippen LogP contribution in [0.5, 0.6) is 5.75 Å². The van der Waals surface area contributed by atoms with Gasteiger partial charge in [0.2, 0.25) is 11.8 Å². The predicted octanol–water partition coefficient (Wildman–Crippen LogP) is 2.37. The number of rotatable bonds is 4. The molecule has 0 aliphatic heterocycles. The number of para-hydroxylation sites is 2. The van der Waals surface area contributed by atoms with E-state index in [4.69, 9.17) is 4.74 Å². The summed E-state index contributed by atoms with van der Waals surface area (Å²) in [6.45, 7) is 3.46. The van der Waals surface area contributed by atoms with Crippen LogP contribution in [0.1, 0.15) is 26.7 Å². The van der Waals surface area contributed by atoms with Crippen molar-refractivity contribution in [2.24, 2.45) is 0 Å². The maximum absolute atomic E-state index is 11.8. The first-order valence-electron chi connectivity index (χ1n) is 5.64. The monoisotopic (exact) mass is 235 g/mol. The first-order valence-corrected chi connectivity index (χ1v) is 5.64. The van der Waals surface area contributed by atoms with E-state index in [1.807, 2.05) is 0 Å². The summed E-state index contributed by atoms with van der Waals surface area (Å²) in [6, 6.07) is 7.01. The molecule has 17 heavy (non-hydrogen) atoms. The van der Waals surface area contributed by atoms with Crippen molar-refractivity contribution in [2.45, 2.75) is 26.7 Å². The number of benzene rings is 1. The molecule has 0 bridgehead atoms. The summed E-state index contributed by atoms with van der Waals surface area (Å²) in [5, 5.41) is 0. The standard InChI is InChI=1S/C13H17NO3/c1-4-12(15)14(13(16)5-2)10-8-6-7-9-11(10)17-3/h6-9H,4-5H2,1-3H3.